The first-order valence-electron chi connectivity index (χ1n) is 9.39. The Kier molecular flexibility index (Phi) is 6.28. The van der Waals surface area contributed by atoms with E-state index in [2.05, 4.69) is 41.4 Å². The number of nitrogens with one attached hydrogen (secondary N) is 1. The summed E-state index contributed by atoms with van der Waals surface area (Å²) in [6.45, 7) is 5.98. The minimum atomic E-state index is -0.206. The van der Waals surface area contributed by atoms with Gasteiger partial charge in [-0.2, -0.15) is 0 Å². The molecule has 0 aromatic heterocycles. The van der Waals surface area contributed by atoms with Gasteiger partial charge in [0, 0.05) is 32.4 Å². The molecule has 0 atom stereocenters. The minimum absolute atomic E-state index is 0.0770. The number of nitrogens with zero attached hydrogens (tertiary/aromatic N) is 1. The van der Waals surface area contributed by atoms with Crippen molar-refractivity contribution < 1.29 is 9.13 Å². The fraction of sp³-hybridized carbons (Fsp3) is 0.455. The zero-order valence-corrected chi connectivity index (χ0v) is 15.8. The molecule has 1 aliphatic rings. The maximum Gasteiger partial charge on any atom is 0.123 e. The number of anilines is 1. The summed E-state index contributed by atoms with van der Waals surface area (Å²) >= 11 is 0. The van der Waals surface area contributed by atoms with E-state index in [9.17, 15) is 4.39 Å². The van der Waals surface area contributed by atoms with Crippen molar-refractivity contribution in [2.75, 3.05) is 38.7 Å². The second kappa shape index (κ2) is 8.65. The van der Waals surface area contributed by atoms with E-state index in [1.165, 1.54) is 23.3 Å². The van der Waals surface area contributed by atoms with Crippen molar-refractivity contribution in [3.8, 4) is 0 Å². The number of halogens is 1. The van der Waals surface area contributed by atoms with Gasteiger partial charge in [0.2, 0.25) is 0 Å². The molecular weight excluding hydrogens is 327 g/mol. The Bertz CT molecular complexity index is 694. The summed E-state index contributed by atoms with van der Waals surface area (Å²) in [7, 11) is 1.75. The van der Waals surface area contributed by atoms with Crippen LogP contribution in [0, 0.1) is 12.7 Å². The van der Waals surface area contributed by atoms with Crippen molar-refractivity contribution in [2.45, 2.75) is 31.7 Å². The number of likely N-dealkylation sites (tertiary alicyclic amines) is 1. The van der Waals surface area contributed by atoms with Crippen LogP contribution in [0.5, 0.6) is 0 Å². The Morgan fingerprint density at radius 2 is 1.85 bits per heavy atom. The standard InChI is InChI=1S/C22H29FN2O/c1-18-4-3-5-19(16-18)10-13-25-14-11-22(12-15-25,17-26-2)24-21-8-6-20(23)7-9-21/h3-9,16,24H,10-15,17H2,1-2H3. The number of aryl methyl sites for hydroxylation is 1. The molecule has 0 aliphatic carbocycles. The molecule has 0 amide bonds. The van der Waals surface area contributed by atoms with Gasteiger partial charge < -0.3 is 15.0 Å². The molecule has 4 heteroatoms. The maximum atomic E-state index is 13.2. The summed E-state index contributed by atoms with van der Waals surface area (Å²) in [5.41, 5.74) is 3.61. The molecule has 140 valence electrons. The molecule has 3 rings (SSSR count). The highest BCUT2D eigenvalue weighted by Gasteiger charge is 2.34. The third-order valence-corrected chi connectivity index (χ3v) is 5.29. The van der Waals surface area contributed by atoms with Crippen LogP contribution in [-0.4, -0.2) is 43.8 Å². The van der Waals surface area contributed by atoms with Crippen LogP contribution in [0.1, 0.15) is 24.0 Å². The van der Waals surface area contributed by atoms with Gasteiger partial charge >= 0.3 is 0 Å². The van der Waals surface area contributed by atoms with Gasteiger partial charge in [-0.3, -0.25) is 0 Å². The molecule has 0 unspecified atom stereocenters. The fourth-order valence-corrected chi connectivity index (χ4v) is 3.78. The SMILES string of the molecule is COCC1(Nc2ccc(F)cc2)CCN(CCc2cccc(C)c2)CC1. The van der Waals surface area contributed by atoms with Crippen molar-refractivity contribution in [3.63, 3.8) is 0 Å². The highest BCUT2D eigenvalue weighted by atomic mass is 19.1. The summed E-state index contributed by atoms with van der Waals surface area (Å²) in [4.78, 5) is 2.53. The van der Waals surface area contributed by atoms with E-state index in [4.69, 9.17) is 4.74 Å². The van der Waals surface area contributed by atoms with Crippen molar-refractivity contribution in [3.05, 3.63) is 65.5 Å². The van der Waals surface area contributed by atoms with Gasteiger partial charge in [0.05, 0.1) is 12.1 Å². The maximum absolute atomic E-state index is 13.2. The summed E-state index contributed by atoms with van der Waals surface area (Å²) in [5.74, 6) is -0.206. The minimum Gasteiger partial charge on any atom is -0.382 e. The zero-order valence-electron chi connectivity index (χ0n) is 15.8. The van der Waals surface area contributed by atoms with Gasteiger partial charge in [-0.15, -0.1) is 0 Å². The molecule has 1 fully saturated rings. The van der Waals surface area contributed by atoms with Crippen LogP contribution in [0.25, 0.3) is 0 Å². The van der Waals surface area contributed by atoms with E-state index in [1.807, 2.05) is 0 Å². The molecule has 2 aromatic carbocycles. The zero-order chi connectivity index (χ0) is 18.4. The van der Waals surface area contributed by atoms with Crippen LogP contribution in [-0.2, 0) is 11.2 Å². The fourth-order valence-electron chi connectivity index (χ4n) is 3.78. The Labute approximate surface area is 156 Å². The van der Waals surface area contributed by atoms with Gasteiger partial charge in [0.15, 0.2) is 0 Å². The Morgan fingerprint density at radius 1 is 1.12 bits per heavy atom. The third kappa shape index (κ3) is 5.05. The van der Waals surface area contributed by atoms with E-state index in [1.54, 1.807) is 19.2 Å². The van der Waals surface area contributed by atoms with Crippen LogP contribution < -0.4 is 5.32 Å². The lowest BCUT2D eigenvalue weighted by atomic mass is 9.87. The predicted octanol–water partition coefficient (Wildman–Crippen LogP) is 4.27. The smallest absolute Gasteiger partial charge is 0.123 e. The normalized spacial score (nSPS) is 17.2. The number of methoxy groups -OCH3 is 1. The highest BCUT2D eigenvalue weighted by Crippen LogP contribution is 2.28. The molecule has 1 N–H and O–H groups in total. The first kappa shape index (κ1) is 18.9. The molecule has 0 radical (unpaired) electrons. The average Bonchev–Trinajstić information content (AvgIpc) is 2.64. The number of ether oxygens (including phenoxy) is 1. The Balaban J connectivity index is 1.55. The van der Waals surface area contributed by atoms with Crippen molar-refractivity contribution in [2.24, 2.45) is 0 Å². The number of rotatable bonds is 7. The van der Waals surface area contributed by atoms with Crippen LogP contribution in [0.4, 0.5) is 10.1 Å². The molecule has 0 bridgehead atoms. The van der Waals surface area contributed by atoms with E-state index >= 15 is 0 Å². The summed E-state index contributed by atoms with van der Waals surface area (Å²) in [5, 5.41) is 3.61. The lowest BCUT2D eigenvalue weighted by Gasteiger charge is -2.42. The van der Waals surface area contributed by atoms with Crippen LogP contribution in [0.15, 0.2) is 48.5 Å². The number of hydrogen-bond donors (Lipinski definition) is 1. The lowest BCUT2D eigenvalue weighted by Crippen LogP contribution is -2.52. The van der Waals surface area contributed by atoms with Gasteiger partial charge in [0.1, 0.15) is 5.82 Å². The second-order valence-electron chi connectivity index (χ2n) is 7.43. The molecule has 3 nitrogen and oxygen atoms in total. The molecule has 1 heterocycles. The second-order valence-corrected chi connectivity index (χ2v) is 7.43. The molecule has 2 aromatic rings. The third-order valence-electron chi connectivity index (χ3n) is 5.29. The van der Waals surface area contributed by atoms with Crippen LogP contribution in [0.2, 0.25) is 0 Å². The molecule has 0 spiro atoms. The van der Waals surface area contributed by atoms with Crippen LogP contribution >= 0.6 is 0 Å². The summed E-state index contributed by atoms with van der Waals surface area (Å²) < 4.78 is 18.7. The first-order chi connectivity index (χ1) is 12.6. The topological polar surface area (TPSA) is 24.5 Å². The lowest BCUT2D eigenvalue weighted by molar-refractivity contribution is 0.0891. The van der Waals surface area contributed by atoms with Gasteiger partial charge in [-0.1, -0.05) is 29.8 Å². The molecule has 0 saturated carbocycles. The van der Waals surface area contributed by atoms with Crippen molar-refractivity contribution in [1.82, 2.24) is 4.90 Å². The summed E-state index contributed by atoms with van der Waals surface area (Å²) in [6.07, 6.45) is 3.13. The largest absolute Gasteiger partial charge is 0.382 e. The highest BCUT2D eigenvalue weighted by molar-refractivity contribution is 5.45. The van der Waals surface area contributed by atoms with Crippen LogP contribution in [0.3, 0.4) is 0 Å². The summed E-state index contributed by atoms with van der Waals surface area (Å²) in [6, 6.07) is 15.4. The molecule has 1 saturated heterocycles. The average molecular weight is 356 g/mol. The van der Waals surface area contributed by atoms with E-state index in [0.717, 1.165) is 44.6 Å². The van der Waals surface area contributed by atoms with E-state index in [-0.39, 0.29) is 11.4 Å². The quantitative estimate of drug-likeness (QED) is 0.802. The van der Waals surface area contributed by atoms with Gasteiger partial charge in [0.25, 0.3) is 0 Å². The van der Waals surface area contributed by atoms with E-state index in [0.29, 0.717) is 6.61 Å². The molecule has 1 aliphatic heterocycles. The van der Waals surface area contributed by atoms with E-state index < -0.39 is 0 Å². The number of piperidine rings is 1. The predicted molar refractivity (Wildman–Crippen MR) is 105 cm³/mol. The molecule has 26 heavy (non-hydrogen) atoms. The number of benzene rings is 2. The monoisotopic (exact) mass is 356 g/mol. The van der Waals surface area contributed by atoms with Gasteiger partial charge in [-0.25, -0.2) is 4.39 Å². The Hall–Kier alpha value is -1.91. The van der Waals surface area contributed by atoms with Gasteiger partial charge in [-0.05, 0) is 56.0 Å². The Morgan fingerprint density at radius 3 is 2.50 bits per heavy atom. The first-order valence-corrected chi connectivity index (χ1v) is 9.39. The van der Waals surface area contributed by atoms with Crippen molar-refractivity contribution in [1.29, 1.82) is 0 Å². The molecular formula is C22H29FN2O. The number of hydrogen-bond acceptors (Lipinski definition) is 3. The van der Waals surface area contributed by atoms with Crippen molar-refractivity contribution >= 4 is 5.69 Å².